The molecule has 0 saturated carbocycles. The number of hydrogen-bond acceptors (Lipinski definition) is 7. The number of benzene rings is 1. The fraction of sp³-hybridized carbons (Fsp3) is 0.105. The third kappa shape index (κ3) is 3.32. The van der Waals surface area contributed by atoms with Gasteiger partial charge in [-0.25, -0.2) is 19.7 Å². The molecule has 8 nitrogen and oxygen atoms in total. The van der Waals surface area contributed by atoms with Crippen molar-refractivity contribution in [3.05, 3.63) is 66.7 Å². The highest BCUT2D eigenvalue weighted by molar-refractivity contribution is 5.91. The number of carbonyl (C=O) groups is 1. The van der Waals surface area contributed by atoms with Gasteiger partial charge in [-0.15, -0.1) is 0 Å². The van der Waals surface area contributed by atoms with Crippen molar-refractivity contribution in [2.45, 2.75) is 6.92 Å². The van der Waals surface area contributed by atoms with Crippen molar-refractivity contribution < 1.29 is 9.53 Å². The van der Waals surface area contributed by atoms with E-state index in [9.17, 15) is 4.79 Å². The molecule has 27 heavy (non-hydrogen) atoms. The number of anilines is 2. The Labute approximate surface area is 154 Å². The number of ether oxygens (including phenoxy) is 1. The van der Waals surface area contributed by atoms with E-state index in [1.807, 2.05) is 18.2 Å². The number of fused-ring (bicyclic) bond motifs is 1. The maximum absolute atomic E-state index is 11.7. The van der Waals surface area contributed by atoms with Gasteiger partial charge in [0.2, 0.25) is 0 Å². The lowest BCUT2D eigenvalue weighted by Crippen LogP contribution is -2.04. The number of aromatic nitrogens is 5. The largest absolute Gasteiger partial charge is 0.462 e. The molecule has 134 valence electrons. The van der Waals surface area contributed by atoms with Crippen LogP contribution in [0.25, 0.3) is 16.9 Å². The molecule has 0 radical (unpaired) electrons. The van der Waals surface area contributed by atoms with Crippen LogP contribution in [0.1, 0.15) is 17.3 Å². The SMILES string of the molecule is CCOC(=O)c1ccc(Nc2ncnc3c2cnn3-c2ccccn2)cc1. The molecule has 1 N–H and O–H groups in total. The van der Waals surface area contributed by atoms with Gasteiger partial charge in [-0.05, 0) is 43.3 Å². The van der Waals surface area contributed by atoms with Gasteiger partial charge >= 0.3 is 5.97 Å². The molecule has 0 aliphatic heterocycles. The minimum absolute atomic E-state index is 0.342. The molecule has 0 bridgehead atoms. The first-order chi connectivity index (χ1) is 13.3. The first-order valence-corrected chi connectivity index (χ1v) is 8.40. The molecule has 4 aromatic rings. The van der Waals surface area contributed by atoms with Gasteiger partial charge in [0.05, 0.1) is 23.8 Å². The topological polar surface area (TPSA) is 94.8 Å². The molecule has 1 aromatic carbocycles. The lowest BCUT2D eigenvalue weighted by atomic mass is 10.2. The third-order valence-corrected chi connectivity index (χ3v) is 3.89. The van der Waals surface area contributed by atoms with E-state index in [2.05, 4.69) is 25.4 Å². The standard InChI is InChI=1S/C19H16N6O2/c1-2-27-19(26)13-6-8-14(9-7-13)24-17-15-11-23-25(18(15)22-12-21-17)16-5-3-4-10-20-16/h3-12H,2H2,1H3,(H,21,22,24). The average molecular weight is 360 g/mol. The average Bonchev–Trinajstić information content (AvgIpc) is 3.15. The number of nitrogens with one attached hydrogen (secondary N) is 1. The summed E-state index contributed by atoms with van der Waals surface area (Å²) in [5, 5.41) is 8.37. The number of pyridine rings is 1. The number of hydrogen-bond donors (Lipinski definition) is 1. The van der Waals surface area contributed by atoms with E-state index in [0.717, 1.165) is 11.1 Å². The quantitative estimate of drug-likeness (QED) is 0.546. The molecule has 0 aliphatic carbocycles. The molecule has 8 heteroatoms. The van der Waals surface area contributed by atoms with Crippen molar-refractivity contribution >= 4 is 28.5 Å². The van der Waals surface area contributed by atoms with E-state index in [4.69, 9.17) is 4.74 Å². The van der Waals surface area contributed by atoms with Crippen LogP contribution < -0.4 is 5.32 Å². The summed E-state index contributed by atoms with van der Waals surface area (Å²) in [7, 11) is 0. The molecular formula is C19H16N6O2. The molecule has 0 atom stereocenters. The number of esters is 1. The molecule has 0 amide bonds. The van der Waals surface area contributed by atoms with Crippen LogP contribution in [0, 0.1) is 0 Å². The lowest BCUT2D eigenvalue weighted by Gasteiger charge is -2.08. The minimum Gasteiger partial charge on any atom is -0.462 e. The highest BCUT2D eigenvalue weighted by atomic mass is 16.5. The van der Waals surface area contributed by atoms with E-state index in [-0.39, 0.29) is 5.97 Å². The lowest BCUT2D eigenvalue weighted by molar-refractivity contribution is 0.0526. The monoisotopic (exact) mass is 360 g/mol. The van der Waals surface area contributed by atoms with E-state index in [1.165, 1.54) is 6.33 Å². The molecule has 3 heterocycles. The molecular weight excluding hydrogens is 344 g/mol. The molecule has 3 aromatic heterocycles. The van der Waals surface area contributed by atoms with Crippen LogP contribution >= 0.6 is 0 Å². The normalized spacial score (nSPS) is 10.7. The Bertz CT molecular complexity index is 1080. The predicted octanol–water partition coefficient (Wildman–Crippen LogP) is 3.13. The van der Waals surface area contributed by atoms with Crippen molar-refractivity contribution in [2.75, 3.05) is 11.9 Å². The van der Waals surface area contributed by atoms with Crippen LogP contribution in [-0.4, -0.2) is 37.3 Å². The molecule has 0 saturated heterocycles. The van der Waals surface area contributed by atoms with Gasteiger partial charge in [-0.1, -0.05) is 6.07 Å². The third-order valence-electron chi connectivity index (χ3n) is 3.89. The summed E-state index contributed by atoms with van der Waals surface area (Å²) in [5.74, 6) is 0.951. The smallest absolute Gasteiger partial charge is 0.338 e. The molecule has 0 aliphatic rings. The van der Waals surface area contributed by atoms with E-state index < -0.39 is 0 Å². The van der Waals surface area contributed by atoms with Gasteiger partial charge < -0.3 is 10.1 Å². The van der Waals surface area contributed by atoms with Crippen LogP contribution in [0.4, 0.5) is 11.5 Å². The van der Waals surface area contributed by atoms with Crippen molar-refractivity contribution in [1.82, 2.24) is 24.7 Å². The van der Waals surface area contributed by atoms with Gasteiger partial charge in [0, 0.05) is 11.9 Å². The van der Waals surface area contributed by atoms with E-state index in [1.54, 1.807) is 48.3 Å². The highest BCUT2D eigenvalue weighted by Gasteiger charge is 2.12. The zero-order valence-electron chi connectivity index (χ0n) is 14.5. The van der Waals surface area contributed by atoms with Crippen LogP contribution in [0.15, 0.2) is 61.2 Å². The van der Waals surface area contributed by atoms with Gasteiger partial charge in [-0.2, -0.15) is 9.78 Å². The van der Waals surface area contributed by atoms with Crippen LogP contribution in [-0.2, 0) is 4.74 Å². The van der Waals surface area contributed by atoms with E-state index in [0.29, 0.717) is 29.5 Å². The number of carbonyl (C=O) groups excluding carboxylic acids is 1. The Hall–Kier alpha value is -3.81. The van der Waals surface area contributed by atoms with Crippen molar-refractivity contribution in [3.8, 4) is 5.82 Å². The maximum atomic E-state index is 11.7. The predicted molar refractivity (Wildman–Crippen MR) is 100 cm³/mol. The van der Waals surface area contributed by atoms with Gasteiger partial charge in [0.15, 0.2) is 11.5 Å². The Morgan fingerprint density at radius 2 is 1.96 bits per heavy atom. The summed E-state index contributed by atoms with van der Waals surface area (Å²) in [5.41, 5.74) is 1.93. The Morgan fingerprint density at radius 3 is 2.70 bits per heavy atom. The molecule has 0 fully saturated rings. The Balaban J connectivity index is 1.63. The minimum atomic E-state index is -0.342. The molecule has 4 rings (SSSR count). The molecule has 0 unspecified atom stereocenters. The van der Waals surface area contributed by atoms with Crippen molar-refractivity contribution in [1.29, 1.82) is 0 Å². The zero-order chi connectivity index (χ0) is 18.6. The van der Waals surface area contributed by atoms with Crippen molar-refractivity contribution in [2.24, 2.45) is 0 Å². The first-order valence-electron chi connectivity index (χ1n) is 8.40. The second-order valence-corrected chi connectivity index (χ2v) is 5.63. The van der Waals surface area contributed by atoms with E-state index >= 15 is 0 Å². The summed E-state index contributed by atoms with van der Waals surface area (Å²) >= 11 is 0. The fourth-order valence-corrected chi connectivity index (χ4v) is 2.63. The Kier molecular flexibility index (Phi) is 4.44. The number of rotatable bonds is 5. The summed E-state index contributed by atoms with van der Waals surface area (Å²) < 4.78 is 6.65. The molecule has 0 spiro atoms. The maximum Gasteiger partial charge on any atom is 0.338 e. The first kappa shape index (κ1) is 16.6. The van der Waals surface area contributed by atoms with Crippen LogP contribution in [0.5, 0.6) is 0 Å². The Morgan fingerprint density at radius 1 is 1.11 bits per heavy atom. The zero-order valence-corrected chi connectivity index (χ0v) is 14.5. The van der Waals surface area contributed by atoms with Gasteiger partial charge in [0.1, 0.15) is 12.1 Å². The summed E-state index contributed by atoms with van der Waals surface area (Å²) in [6, 6.07) is 12.6. The van der Waals surface area contributed by atoms with Crippen LogP contribution in [0.2, 0.25) is 0 Å². The van der Waals surface area contributed by atoms with Crippen LogP contribution in [0.3, 0.4) is 0 Å². The second kappa shape index (κ2) is 7.20. The highest BCUT2D eigenvalue weighted by Crippen LogP contribution is 2.24. The van der Waals surface area contributed by atoms with Gasteiger partial charge in [0.25, 0.3) is 0 Å². The second-order valence-electron chi connectivity index (χ2n) is 5.63. The number of nitrogens with zero attached hydrogens (tertiary/aromatic N) is 5. The van der Waals surface area contributed by atoms with Crippen molar-refractivity contribution in [3.63, 3.8) is 0 Å². The van der Waals surface area contributed by atoms with Gasteiger partial charge in [-0.3, -0.25) is 0 Å². The fourth-order valence-electron chi connectivity index (χ4n) is 2.63. The summed E-state index contributed by atoms with van der Waals surface area (Å²) in [4.78, 5) is 24.7. The summed E-state index contributed by atoms with van der Waals surface area (Å²) in [6.45, 7) is 2.12. The summed E-state index contributed by atoms with van der Waals surface area (Å²) in [6.07, 6.45) is 4.87.